The first kappa shape index (κ1) is 18.9. The summed E-state index contributed by atoms with van der Waals surface area (Å²) in [5.74, 6) is -1.31. The molecule has 1 N–H and O–H groups in total. The molecule has 2 aromatic rings. The number of allylic oxidation sites excluding steroid dienone is 2. The van der Waals surface area contributed by atoms with Crippen LogP contribution in [0.1, 0.15) is 33.2 Å². The van der Waals surface area contributed by atoms with Gasteiger partial charge in [-0.15, -0.1) is 11.8 Å². The lowest BCUT2D eigenvalue weighted by Crippen LogP contribution is -2.27. The summed E-state index contributed by atoms with van der Waals surface area (Å²) >= 11 is 1.24. The maximum absolute atomic E-state index is 12.7. The van der Waals surface area contributed by atoms with Crippen molar-refractivity contribution in [3.05, 3.63) is 70.1 Å². The van der Waals surface area contributed by atoms with Crippen LogP contribution in [0.3, 0.4) is 0 Å². The Morgan fingerprint density at radius 1 is 1.21 bits per heavy atom. The van der Waals surface area contributed by atoms with E-state index in [1.54, 1.807) is 31.2 Å². The normalized spacial score (nSPS) is 15.7. The summed E-state index contributed by atoms with van der Waals surface area (Å²) in [5, 5.41) is 15.9. The monoisotopic (exact) mass is 408 g/mol. The van der Waals surface area contributed by atoms with E-state index in [4.69, 9.17) is 4.74 Å². The maximum Gasteiger partial charge on any atom is 0.341 e. The Bertz CT molecular complexity index is 1110. The number of aromatic hydroxyl groups is 1. The number of phenols is 1. The number of thioether (sulfide) groups is 1. The average molecular weight is 408 g/mol. The number of hydrazone groups is 1. The Kier molecular flexibility index (Phi) is 4.94. The standard InChI is InChI=1S/C21H16N2O5S/c1-2-28-21(27)15-8-7-12(9-16(15)24)23-19(26)11-29-18-10-17(25)13-5-3-4-6-14(13)20(18)22-23/h3-10,24H,2,11H2,1H3. The van der Waals surface area contributed by atoms with Gasteiger partial charge >= 0.3 is 5.97 Å². The molecule has 0 atom stereocenters. The number of rotatable bonds is 3. The van der Waals surface area contributed by atoms with Crippen molar-refractivity contribution in [3.63, 3.8) is 0 Å². The number of amides is 1. The number of carbonyl (C=O) groups is 3. The number of fused-ring (bicyclic) bond motifs is 3. The zero-order valence-electron chi connectivity index (χ0n) is 15.4. The van der Waals surface area contributed by atoms with E-state index in [1.165, 1.54) is 41.0 Å². The third kappa shape index (κ3) is 3.42. The van der Waals surface area contributed by atoms with E-state index in [9.17, 15) is 19.5 Å². The molecule has 2 aliphatic rings. The number of ketones is 1. The van der Waals surface area contributed by atoms with E-state index in [-0.39, 0.29) is 35.4 Å². The van der Waals surface area contributed by atoms with Crippen molar-refractivity contribution >= 4 is 40.8 Å². The zero-order chi connectivity index (χ0) is 20.5. The average Bonchev–Trinajstić information content (AvgIpc) is 2.87. The van der Waals surface area contributed by atoms with Gasteiger partial charge in [-0.05, 0) is 19.1 Å². The number of hydrogen-bond donors (Lipinski definition) is 1. The van der Waals surface area contributed by atoms with Crippen LogP contribution in [0.5, 0.6) is 5.75 Å². The summed E-state index contributed by atoms with van der Waals surface area (Å²) in [7, 11) is 0. The molecule has 146 valence electrons. The quantitative estimate of drug-likeness (QED) is 0.784. The Balaban J connectivity index is 1.79. The molecule has 0 spiro atoms. The van der Waals surface area contributed by atoms with Crippen LogP contribution < -0.4 is 5.01 Å². The van der Waals surface area contributed by atoms with Crippen molar-refractivity contribution in [1.29, 1.82) is 0 Å². The highest BCUT2D eigenvalue weighted by Gasteiger charge is 2.30. The number of benzene rings is 2. The predicted octanol–water partition coefficient (Wildman–Crippen LogP) is 3.13. The molecule has 0 unspecified atom stereocenters. The second-order valence-corrected chi connectivity index (χ2v) is 7.30. The van der Waals surface area contributed by atoms with E-state index in [2.05, 4.69) is 5.10 Å². The minimum absolute atomic E-state index is 0.00842. The molecule has 0 saturated heterocycles. The molecule has 29 heavy (non-hydrogen) atoms. The van der Waals surface area contributed by atoms with Crippen molar-refractivity contribution in [1.82, 2.24) is 0 Å². The molecule has 1 aliphatic carbocycles. The lowest BCUT2D eigenvalue weighted by atomic mass is 9.94. The highest BCUT2D eigenvalue weighted by atomic mass is 32.2. The van der Waals surface area contributed by atoms with Gasteiger partial charge in [-0.25, -0.2) is 4.79 Å². The van der Waals surface area contributed by atoms with Crippen molar-refractivity contribution in [3.8, 4) is 5.75 Å². The molecule has 1 heterocycles. The fourth-order valence-electron chi connectivity index (χ4n) is 3.11. The van der Waals surface area contributed by atoms with Crippen LogP contribution in [0.25, 0.3) is 0 Å². The van der Waals surface area contributed by atoms with Crippen LogP contribution >= 0.6 is 11.8 Å². The molecule has 0 radical (unpaired) electrons. The molecule has 2 aromatic carbocycles. The summed E-state index contributed by atoms with van der Waals surface area (Å²) in [6.45, 7) is 1.85. The summed E-state index contributed by atoms with van der Waals surface area (Å²) in [4.78, 5) is 37.6. The van der Waals surface area contributed by atoms with E-state index < -0.39 is 5.97 Å². The molecule has 7 nitrogen and oxygen atoms in total. The van der Waals surface area contributed by atoms with Crippen LogP contribution in [0.2, 0.25) is 0 Å². The van der Waals surface area contributed by atoms with Crippen LogP contribution in [-0.2, 0) is 9.53 Å². The predicted molar refractivity (Wildman–Crippen MR) is 109 cm³/mol. The first-order chi connectivity index (χ1) is 14.0. The molecule has 8 heteroatoms. The van der Waals surface area contributed by atoms with Gasteiger partial charge in [0.05, 0.1) is 18.0 Å². The topological polar surface area (TPSA) is 96.3 Å². The first-order valence-corrected chi connectivity index (χ1v) is 9.88. The maximum atomic E-state index is 12.7. The van der Waals surface area contributed by atoms with Crippen molar-refractivity contribution in [2.45, 2.75) is 6.92 Å². The van der Waals surface area contributed by atoms with Crippen LogP contribution in [0.15, 0.2) is 58.5 Å². The Morgan fingerprint density at radius 3 is 2.69 bits per heavy atom. The summed E-state index contributed by atoms with van der Waals surface area (Å²) in [6.07, 6.45) is 1.49. The zero-order valence-corrected chi connectivity index (χ0v) is 16.2. The van der Waals surface area contributed by atoms with Gasteiger partial charge < -0.3 is 9.84 Å². The SMILES string of the molecule is CCOC(=O)c1ccc(N2N=C3C(=CC(=O)c4ccccc43)SCC2=O)cc1O. The number of esters is 1. The highest BCUT2D eigenvalue weighted by molar-refractivity contribution is 8.04. The number of nitrogens with zero attached hydrogens (tertiary/aromatic N) is 2. The number of anilines is 1. The number of phenolic OH excluding ortho intramolecular Hbond substituents is 1. The van der Waals surface area contributed by atoms with Crippen LogP contribution in [0.4, 0.5) is 5.69 Å². The van der Waals surface area contributed by atoms with Gasteiger partial charge in [-0.3, -0.25) is 9.59 Å². The summed E-state index contributed by atoms with van der Waals surface area (Å²) in [6, 6.07) is 11.3. The Morgan fingerprint density at radius 2 is 1.97 bits per heavy atom. The van der Waals surface area contributed by atoms with Gasteiger partial charge in [0.25, 0.3) is 5.91 Å². The van der Waals surface area contributed by atoms with Gasteiger partial charge in [-0.1, -0.05) is 24.3 Å². The molecule has 0 bridgehead atoms. The Labute approximate surface area is 170 Å². The molecule has 0 aromatic heterocycles. The minimum Gasteiger partial charge on any atom is -0.507 e. The van der Waals surface area contributed by atoms with E-state index >= 15 is 0 Å². The van der Waals surface area contributed by atoms with Gasteiger partial charge in [0, 0.05) is 28.2 Å². The number of carbonyl (C=O) groups excluding carboxylic acids is 3. The highest BCUT2D eigenvalue weighted by Crippen LogP contribution is 2.34. The number of ether oxygens (including phenoxy) is 1. The van der Waals surface area contributed by atoms with E-state index in [1.807, 2.05) is 0 Å². The van der Waals surface area contributed by atoms with Crippen LogP contribution in [-0.4, -0.2) is 40.8 Å². The van der Waals surface area contributed by atoms with Gasteiger partial charge in [-0.2, -0.15) is 10.1 Å². The van der Waals surface area contributed by atoms with Crippen molar-refractivity contribution in [2.24, 2.45) is 5.10 Å². The Hall–Kier alpha value is -3.39. The summed E-state index contributed by atoms with van der Waals surface area (Å²) < 4.78 is 4.91. The molecule has 1 aliphatic heterocycles. The van der Waals surface area contributed by atoms with E-state index in [0.29, 0.717) is 27.4 Å². The molecule has 0 saturated carbocycles. The minimum atomic E-state index is -0.648. The third-order valence-corrected chi connectivity index (χ3v) is 5.47. The molecular formula is C21H16N2O5S. The van der Waals surface area contributed by atoms with Gasteiger partial charge in [0.2, 0.25) is 0 Å². The second-order valence-electron chi connectivity index (χ2n) is 6.28. The first-order valence-electron chi connectivity index (χ1n) is 8.90. The fraction of sp³-hybridized carbons (Fsp3) is 0.143. The van der Waals surface area contributed by atoms with Crippen molar-refractivity contribution in [2.75, 3.05) is 17.4 Å². The lowest BCUT2D eigenvalue weighted by molar-refractivity contribution is -0.116. The van der Waals surface area contributed by atoms with Gasteiger partial charge in [0.15, 0.2) is 5.78 Å². The van der Waals surface area contributed by atoms with Gasteiger partial charge in [0.1, 0.15) is 17.0 Å². The largest absolute Gasteiger partial charge is 0.507 e. The molecule has 1 amide bonds. The number of hydrogen-bond acceptors (Lipinski definition) is 7. The summed E-state index contributed by atoms with van der Waals surface area (Å²) in [5.41, 5.74) is 2.00. The van der Waals surface area contributed by atoms with Crippen LogP contribution in [0, 0.1) is 0 Å². The lowest BCUT2D eigenvalue weighted by Gasteiger charge is -2.19. The molecule has 4 rings (SSSR count). The van der Waals surface area contributed by atoms with Crippen molar-refractivity contribution < 1.29 is 24.2 Å². The third-order valence-electron chi connectivity index (χ3n) is 4.45. The smallest absolute Gasteiger partial charge is 0.341 e. The second kappa shape index (κ2) is 7.56. The molecular weight excluding hydrogens is 392 g/mol. The van der Waals surface area contributed by atoms with E-state index in [0.717, 1.165) is 0 Å². The molecule has 0 fully saturated rings. The fourth-order valence-corrected chi connectivity index (χ4v) is 3.99.